The fourth-order valence-electron chi connectivity index (χ4n) is 1.84. The highest BCUT2D eigenvalue weighted by Gasteiger charge is 2.15. The average Bonchev–Trinajstić information content (AvgIpc) is 2.49. The second kappa shape index (κ2) is 6.45. The zero-order valence-corrected chi connectivity index (χ0v) is 13.4. The van der Waals surface area contributed by atoms with Gasteiger partial charge in [0.15, 0.2) is 0 Å². The number of hydrogen-bond acceptors (Lipinski definition) is 3. The van der Waals surface area contributed by atoms with Crippen molar-refractivity contribution in [2.75, 3.05) is 4.72 Å². The van der Waals surface area contributed by atoms with Crippen LogP contribution in [0.1, 0.15) is 31.7 Å². The Morgan fingerprint density at radius 3 is 2.38 bits per heavy atom. The molecule has 6 heteroatoms. The summed E-state index contributed by atoms with van der Waals surface area (Å²) in [7, 11) is -3.63. The summed E-state index contributed by atoms with van der Waals surface area (Å²) in [4.78, 5) is 4.14. The van der Waals surface area contributed by atoms with Gasteiger partial charge >= 0.3 is 0 Å². The number of pyridine rings is 1. The van der Waals surface area contributed by atoms with E-state index in [0.717, 1.165) is 12.0 Å². The fraction of sp³-hybridized carbons (Fsp3) is 0.267. The molecule has 0 bridgehead atoms. The van der Waals surface area contributed by atoms with Gasteiger partial charge in [-0.2, -0.15) is 0 Å². The van der Waals surface area contributed by atoms with Gasteiger partial charge in [-0.15, -0.1) is 0 Å². The van der Waals surface area contributed by atoms with Crippen LogP contribution in [-0.4, -0.2) is 13.4 Å². The van der Waals surface area contributed by atoms with Gasteiger partial charge in [-0.3, -0.25) is 4.72 Å². The molecular weight excluding hydrogens is 308 g/mol. The summed E-state index contributed by atoms with van der Waals surface area (Å²) in [6.45, 7) is 4.21. The molecule has 2 aromatic rings. The molecule has 1 atom stereocenters. The number of benzene rings is 1. The van der Waals surface area contributed by atoms with E-state index in [4.69, 9.17) is 11.6 Å². The van der Waals surface area contributed by atoms with E-state index >= 15 is 0 Å². The Labute approximate surface area is 130 Å². The van der Waals surface area contributed by atoms with E-state index in [1.54, 1.807) is 18.2 Å². The number of nitrogens with one attached hydrogen (secondary N) is 1. The molecule has 0 aliphatic carbocycles. The van der Waals surface area contributed by atoms with Crippen LogP contribution >= 0.6 is 11.6 Å². The zero-order valence-electron chi connectivity index (χ0n) is 11.9. The lowest BCUT2D eigenvalue weighted by Crippen LogP contribution is -2.13. The van der Waals surface area contributed by atoms with Gasteiger partial charge in [0.25, 0.3) is 10.0 Å². The second-order valence-electron chi connectivity index (χ2n) is 4.85. The summed E-state index contributed by atoms with van der Waals surface area (Å²) in [5.41, 5.74) is 1.13. The fourth-order valence-corrected chi connectivity index (χ4v) is 2.96. The lowest BCUT2D eigenvalue weighted by atomic mass is 9.99. The topological polar surface area (TPSA) is 59.1 Å². The standard InChI is InChI=1S/C15H17ClN2O2S/c1-3-11(2)12-4-7-14(8-5-12)21(19,20)18-15-9-6-13(16)10-17-15/h4-11H,3H2,1-2H3,(H,17,18)/t11-/m1/s1. The third-order valence-corrected chi connectivity index (χ3v) is 4.93. The molecule has 0 saturated heterocycles. The highest BCUT2D eigenvalue weighted by atomic mass is 35.5. The Bertz CT molecular complexity index is 697. The van der Waals surface area contributed by atoms with E-state index < -0.39 is 10.0 Å². The van der Waals surface area contributed by atoms with Crippen LogP contribution in [0.25, 0.3) is 0 Å². The third-order valence-electron chi connectivity index (χ3n) is 3.34. The smallest absolute Gasteiger partial charge is 0.263 e. The van der Waals surface area contributed by atoms with Gasteiger partial charge < -0.3 is 0 Å². The van der Waals surface area contributed by atoms with Gasteiger partial charge in [-0.1, -0.05) is 37.6 Å². The molecule has 0 fully saturated rings. The number of halogens is 1. The summed E-state index contributed by atoms with van der Waals surface area (Å²) in [6, 6.07) is 10.0. The van der Waals surface area contributed by atoms with Crippen LogP contribution in [0, 0.1) is 0 Å². The average molecular weight is 325 g/mol. The Hall–Kier alpha value is -1.59. The van der Waals surface area contributed by atoms with Crippen LogP contribution in [0.5, 0.6) is 0 Å². The number of rotatable bonds is 5. The van der Waals surface area contributed by atoms with Crippen molar-refractivity contribution in [3.63, 3.8) is 0 Å². The maximum absolute atomic E-state index is 12.3. The predicted octanol–water partition coefficient (Wildman–Crippen LogP) is 4.05. The first kappa shape index (κ1) is 15.8. The predicted molar refractivity (Wildman–Crippen MR) is 85.2 cm³/mol. The Kier molecular flexibility index (Phi) is 4.85. The summed E-state index contributed by atoms with van der Waals surface area (Å²) in [5.74, 6) is 0.651. The molecule has 112 valence electrons. The van der Waals surface area contributed by atoms with Crippen LogP contribution in [0.3, 0.4) is 0 Å². The van der Waals surface area contributed by atoms with Crippen LogP contribution in [0.2, 0.25) is 5.02 Å². The van der Waals surface area contributed by atoms with Gasteiger partial charge in [-0.25, -0.2) is 13.4 Å². The van der Waals surface area contributed by atoms with Crippen molar-refractivity contribution in [3.8, 4) is 0 Å². The van der Waals surface area contributed by atoms with Crippen LogP contribution in [0.15, 0.2) is 47.5 Å². The van der Waals surface area contributed by atoms with Crippen molar-refractivity contribution in [1.29, 1.82) is 0 Å². The molecular formula is C15H17ClN2O2S. The molecule has 0 unspecified atom stereocenters. The molecule has 1 heterocycles. The summed E-state index contributed by atoms with van der Waals surface area (Å²) >= 11 is 5.72. The van der Waals surface area contributed by atoms with Gasteiger partial charge in [0.05, 0.1) is 9.92 Å². The largest absolute Gasteiger partial charge is 0.263 e. The SMILES string of the molecule is CC[C@@H](C)c1ccc(S(=O)(=O)Nc2ccc(Cl)cn2)cc1. The van der Waals surface area contributed by atoms with E-state index in [9.17, 15) is 8.42 Å². The minimum Gasteiger partial charge on any atom is -0.263 e. The second-order valence-corrected chi connectivity index (χ2v) is 6.96. The first-order chi connectivity index (χ1) is 9.92. The number of nitrogens with zero attached hydrogens (tertiary/aromatic N) is 1. The molecule has 0 amide bonds. The summed E-state index contributed by atoms with van der Waals surface area (Å²) in [5, 5.41) is 0.454. The Morgan fingerprint density at radius 1 is 1.19 bits per heavy atom. The monoisotopic (exact) mass is 324 g/mol. The molecule has 0 aliphatic heterocycles. The van der Waals surface area contributed by atoms with Gasteiger partial charge in [0.2, 0.25) is 0 Å². The van der Waals surface area contributed by atoms with E-state index in [0.29, 0.717) is 10.9 Å². The van der Waals surface area contributed by atoms with Crippen LogP contribution < -0.4 is 4.72 Å². The van der Waals surface area contributed by atoms with Gasteiger partial charge in [0.1, 0.15) is 5.82 Å². The summed E-state index contributed by atoms with van der Waals surface area (Å²) in [6.07, 6.45) is 2.41. The zero-order chi connectivity index (χ0) is 15.5. The molecule has 1 N–H and O–H groups in total. The molecule has 0 radical (unpaired) electrons. The van der Waals surface area contributed by atoms with Crippen molar-refractivity contribution < 1.29 is 8.42 Å². The Morgan fingerprint density at radius 2 is 1.86 bits per heavy atom. The number of anilines is 1. The normalized spacial score (nSPS) is 12.9. The molecule has 0 spiro atoms. The molecule has 1 aromatic carbocycles. The maximum Gasteiger partial charge on any atom is 0.263 e. The van der Waals surface area contributed by atoms with Crippen molar-refractivity contribution in [2.24, 2.45) is 0 Å². The minimum atomic E-state index is -3.63. The van der Waals surface area contributed by atoms with E-state index in [2.05, 4.69) is 23.6 Å². The molecule has 0 saturated carbocycles. The minimum absolute atomic E-state index is 0.214. The van der Waals surface area contributed by atoms with Gasteiger partial charge in [-0.05, 0) is 42.2 Å². The highest BCUT2D eigenvalue weighted by Crippen LogP contribution is 2.21. The first-order valence-electron chi connectivity index (χ1n) is 6.66. The van der Waals surface area contributed by atoms with E-state index in [-0.39, 0.29) is 10.7 Å². The lowest BCUT2D eigenvalue weighted by Gasteiger charge is -2.11. The molecule has 21 heavy (non-hydrogen) atoms. The molecule has 2 rings (SSSR count). The lowest BCUT2D eigenvalue weighted by molar-refractivity contribution is 0.601. The summed E-state index contributed by atoms with van der Waals surface area (Å²) < 4.78 is 26.9. The van der Waals surface area contributed by atoms with Crippen molar-refractivity contribution in [3.05, 3.63) is 53.2 Å². The van der Waals surface area contributed by atoms with Crippen molar-refractivity contribution in [2.45, 2.75) is 31.1 Å². The Balaban J connectivity index is 2.21. The number of hydrogen-bond donors (Lipinski definition) is 1. The molecule has 4 nitrogen and oxygen atoms in total. The van der Waals surface area contributed by atoms with E-state index in [1.165, 1.54) is 12.3 Å². The molecule has 0 aliphatic rings. The van der Waals surface area contributed by atoms with Crippen molar-refractivity contribution in [1.82, 2.24) is 4.98 Å². The quantitative estimate of drug-likeness (QED) is 0.902. The number of aromatic nitrogens is 1. The van der Waals surface area contributed by atoms with Gasteiger partial charge in [0, 0.05) is 6.20 Å². The maximum atomic E-state index is 12.3. The first-order valence-corrected chi connectivity index (χ1v) is 8.53. The number of sulfonamides is 1. The van der Waals surface area contributed by atoms with Crippen molar-refractivity contribution >= 4 is 27.4 Å². The van der Waals surface area contributed by atoms with Crippen LogP contribution in [0.4, 0.5) is 5.82 Å². The van der Waals surface area contributed by atoms with Crippen LogP contribution in [-0.2, 0) is 10.0 Å². The van der Waals surface area contributed by atoms with E-state index in [1.807, 2.05) is 12.1 Å². The third kappa shape index (κ3) is 3.95. The molecule has 1 aromatic heterocycles. The highest BCUT2D eigenvalue weighted by molar-refractivity contribution is 7.92.